The Morgan fingerprint density at radius 3 is 2.47 bits per heavy atom. The minimum atomic E-state index is -1.10. The van der Waals surface area contributed by atoms with Crippen molar-refractivity contribution in [3.8, 4) is 11.5 Å². The lowest BCUT2D eigenvalue weighted by Crippen LogP contribution is -2.00. The molecule has 2 aromatic rings. The summed E-state index contributed by atoms with van der Waals surface area (Å²) in [5, 5.41) is 9.83. The van der Waals surface area contributed by atoms with Crippen molar-refractivity contribution in [2.24, 2.45) is 0 Å². The van der Waals surface area contributed by atoms with E-state index in [2.05, 4.69) is 15.9 Å². The molecular weight excluding hydrogens is 355 g/mol. The van der Waals surface area contributed by atoms with E-state index in [1.54, 1.807) is 18.2 Å². The number of carboxylic acids is 1. The highest BCUT2D eigenvalue weighted by atomic mass is 79.9. The van der Waals surface area contributed by atoms with Crippen molar-refractivity contribution >= 4 is 45.1 Å². The Morgan fingerprint density at radius 1 is 1.11 bits per heavy atom. The third-order valence-electron chi connectivity index (χ3n) is 2.29. The van der Waals surface area contributed by atoms with Crippen LogP contribution in [0.5, 0.6) is 11.5 Å². The second-order valence-corrected chi connectivity index (χ2v) is 5.38. The first-order chi connectivity index (χ1) is 8.97. The van der Waals surface area contributed by atoms with Crippen LogP contribution in [0.1, 0.15) is 10.4 Å². The fraction of sp³-hybridized carbons (Fsp3) is 0. The number of carbonyl (C=O) groups is 1. The Hall–Kier alpha value is -1.23. The number of hydrogen-bond donors (Lipinski definition) is 1. The Balaban J connectivity index is 2.42. The van der Waals surface area contributed by atoms with Crippen LogP contribution in [-0.4, -0.2) is 11.1 Å². The Bertz CT molecular complexity index is 644. The molecule has 0 heterocycles. The average Bonchev–Trinajstić information content (AvgIpc) is 2.32. The highest BCUT2D eigenvalue weighted by molar-refractivity contribution is 9.10. The summed E-state index contributed by atoms with van der Waals surface area (Å²) >= 11 is 15.1. The molecule has 19 heavy (non-hydrogen) atoms. The lowest BCUT2D eigenvalue weighted by molar-refractivity contribution is 0.0694. The van der Waals surface area contributed by atoms with Gasteiger partial charge in [-0.25, -0.2) is 4.79 Å². The minimum absolute atomic E-state index is 0.0170. The Kier molecular flexibility index (Phi) is 4.34. The largest absolute Gasteiger partial charge is 0.478 e. The number of hydrogen-bond acceptors (Lipinski definition) is 2. The van der Waals surface area contributed by atoms with E-state index in [4.69, 9.17) is 33.0 Å². The monoisotopic (exact) mass is 360 g/mol. The highest BCUT2D eigenvalue weighted by Gasteiger charge is 2.14. The molecule has 0 saturated carbocycles. The number of rotatable bonds is 3. The van der Waals surface area contributed by atoms with Gasteiger partial charge in [-0.15, -0.1) is 0 Å². The predicted octanol–water partition coefficient (Wildman–Crippen LogP) is 5.25. The van der Waals surface area contributed by atoms with Crippen molar-refractivity contribution in [1.29, 1.82) is 0 Å². The van der Waals surface area contributed by atoms with Crippen LogP contribution in [0.4, 0.5) is 0 Å². The lowest BCUT2D eigenvalue weighted by Gasteiger charge is -2.10. The normalized spacial score (nSPS) is 10.3. The topological polar surface area (TPSA) is 46.5 Å². The Morgan fingerprint density at radius 2 is 1.84 bits per heavy atom. The zero-order chi connectivity index (χ0) is 14.0. The molecule has 0 aliphatic rings. The van der Waals surface area contributed by atoms with Gasteiger partial charge in [0.05, 0.1) is 5.02 Å². The molecule has 0 atom stereocenters. The number of carboxylic acid groups (broad SMARTS) is 1. The maximum atomic E-state index is 11.1. The van der Waals surface area contributed by atoms with E-state index in [9.17, 15) is 4.79 Å². The van der Waals surface area contributed by atoms with Crippen molar-refractivity contribution in [2.45, 2.75) is 0 Å². The molecule has 0 aromatic heterocycles. The van der Waals surface area contributed by atoms with Gasteiger partial charge in [0.1, 0.15) is 17.1 Å². The number of aromatic carboxylic acids is 1. The Labute approximate surface area is 127 Å². The van der Waals surface area contributed by atoms with Gasteiger partial charge in [-0.2, -0.15) is 0 Å². The molecule has 0 radical (unpaired) electrons. The molecule has 0 amide bonds. The average molecular weight is 362 g/mol. The molecule has 0 saturated heterocycles. The SMILES string of the molecule is O=C(O)c1ccc(Cl)cc1Oc1ccc(Br)cc1Cl. The molecular formula is C13H7BrCl2O3. The van der Waals surface area contributed by atoms with Crippen LogP contribution < -0.4 is 4.74 Å². The molecule has 0 fully saturated rings. The number of ether oxygens (including phenoxy) is 1. The minimum Gasteiger partial charge on any atom is -0.478 e. The second kappa shape index (κ2) is 5.82. The molecule has 0 unspecified atom stereocenters. The quantitative estimate of drug-likeness (QED) is 0.812. The van der Waals surface area contributed by atoms with Crippen LogP contribution in [0, 0.1) is 0 Å². The van der Waals surface area contributed by atoms with E-state index in [0.29, 0.717) is 15.8 Å². The highest BCUT2D eigenvalue weighted by Crippen LogP contribution is 2.34. The fourth-order valence-electron chi connectivity index (χ4n) is 1.43. The molecule has 3 nitrogen and oxygen atoms in total. The van der Waals surface area contributed by atoms with Crippen molar-refractivity contribution in [1.82, 2.24) is 0 Å². The first-order valence-electron chi connectivity index (χ1n) is 5.13. The molecule has 2 rings (SSSR count). The smallest absolute Gasteiger partial charge is 0.339 e. The molecule has 6 heteroatoms. The van der Waals surface area contributed by atoms with Crippen LogP contribution in [0.2, 0.25) is 10.0 Å². The van der Waals surface area contributed by atoms with Crippen molar-refractivity contribution in [3.05, 3.63) is 56.5 Å². The molecule has 2 aromatic carbocycles. The van der Waals surface area contributed by atoms with E-state index in [1.807, 2.05) is 0 Å². The fourth-order valence-corrected chi connectivity index (χ4v) is 2.31. The molecule has 0 bridgehead atoms. The predicted molar refractivity (Wildman–Crippen MR) is 77.6 cm³/mol. The van der Waals surface area contributed by atoms with E-state index in [0.717, 1.165) is 4.47 Å². The number of benzene rings is 2. The van der Waals surface area contributed by atoms with Gasteiger partial charge in [-0.05, 0) is 30.3 Å². The van der Waals surface area contributed by atoms with Crippen LogP contribution in [-0.2, 0) is 0 Å². The summed E-state index contributed by atoms with van der Waals surface area (Å²) in [6, 6.07) is 9.34. The lowest BCUT2D eigenvalue weighted by atomic mass is 10.2. The van der Waals surface area contributed by atoms with Gasteiger partial charge in [0, 0.05) is 15.6 Å². The maximum absolute atomic E-state index is 11.1. The standard InChI is InChI=1S/C13H7BrCl2O3/c14-7-1-4-11(10(16)5-7)19-12-6-8(15)2-3-9(12)13(17)18/h1-6H,(H,17,18). The summed E-state index contributed by atoms with van der Waals surface area (Å²) in [5.74, 6) is -0.598. The molecule has 0 aliphatic carbocycles. The van der Waals surface area contributed by atoms with Gasteiger partial charge in [0.15, 0.2) is 0 Å². The zero-order valence-electron chi connectivity index (χ0n) is 9.36. The first-order valence-corrected chi connectivity index (χ1v) is 6.68. The van der Waals surface area contributed by atoms with Gasteiger partial charge in [0.25, 0.3) is 0 Å². The van der Waals surface area contributed by atoms with Crippen LogP contribution in [0.15, 0.2) is 40.9 Å². The summed E-state index contributed by atoms with van der Waals surface area (Å²) in [6.45, 7) is 0. The summed E-state index contributed by atoms with van der Waals surface area (Å²) in [6.07, 6.45) is 0. The van der Waals surface area contributed by atoms with Crippen molar-refractivity contribution in [2.75, 3.05) is 0 Å². The summed E-state index contributed by atoms with van der Waals surface area (Å²) in [4.78, 5) is 11.1. The van der Waals surface area contributed by atoms with E-state index in [1.165, 1.54) is 18.2 Å². The van der Waals surface area contributed by atoms with Gasteiger partial charge < -0.3 is 9.84 Å². The van der Waals surface area contributed by atoms with Crippen molar-refractivity contribution < 1.29 is 14.6 Å². The summed E-state index contributed by atoms with van der Waals surface area (Å²) in [5.41, 5.74) is 0.0170. The third-order valence-corrected chi connectivity index (χ3v) is 3.31. The molecule has 0 aliphatic heterocycles. The van der Waals surface area contributed by atoms with E-state index < -0.39 is 5.97 Å². The van der Waals surface area contributed by atoms with Crippen LogP contribution >= 0.6 is 39.1 Å². The molecule has 0 spiro atoms. The van der Waals surface area contributed by atoms with Gasteiger partial charge in [-0.3, -0.25) is 0 Å². The van der Waals surface area contributed by atoms with Crippen LogP contribution in [0.3, 0.4) is 0 Å². The van der Waals surface area contributed by atoms with Gasteiger partial charge in [0.2, 0.25) is 0 Å². The summed E-state index contributed by atoms with van der Waals surface area (Å²) in [7, 11) is 0. The summed E-state index contributed by atoms with van der Waals surface area (Å²) < 4.78 is 6.32. The number of halogens is 3. The molecule has 98 valence electrons. The van der Waals surface area contributed by atoms with Crippen LogP contribution in [0.25, 0.3) is 0 Å². The third kappa shape index (κ3) is 3.41. The van der Waals surface area contributed by atoms with Gasteiger partial charge in [-0.1, -0.05) is 39.1 Å². The molecule has 1 N–H and O–H groups in total. The maximum Gasteiger partial charge on any atom is 0.339 e. The zero-order valence-corrected chi connectivity index (χ0v) is 12.5. The van der Waals surface area contributed by atoms with Gasteiger partial charge >= 0.3 is 5.97 Å². The van der Waals surface area contributed by atoms with E-state index in [-0.39, 0.29) is 11.3 Å². The second-order valence-electron chi connectivity index (χ2n) is 3.62. The van der Waals surface area contributed by atoms with E-state index >= 15 is 0 Å². The van der Waals surface area contributed by atoms with Crippen molar-refractivity contribution in [3.63, 3.8) is 0 Å². The first kappa shape index (κ1) is 14.2.